The molecule has 1 aromatic rings. The first-order valence-electron chi connectivity index (χ1n) is 6.45. The van der Waals surface area contributed by atoms with Gasteiger partial charge in [-0.3, -0.25) is 4.79 Å². The average molecular weight is 360 g/mol. The molecule has 0 fully saturated rings. The minimum absolute atomic E-state index is 0.0640. The summed E-state index contributed by atoms with van der Waals surface area (Å²) >= 11 is 3.24. The third kappa shape index (κ3) is 4.63. The van der Waals surface area contributed by atoms with Crippen molar-refractivity contribution < 1.29 is 24.2 Å². The fourth-order valence-electron chi connectivity index (χ4n) is 1.58. The molecule has 0 spiro atoms. The van der Waals surface area contributed by atoms with Crippen LogP contribution in [0, 0.1) is 0 Å². The molecule has 2 N–H and O–H groups in total. The molecule has 1 rings (SSSR count). The highest BCUT2D eigenvalue weighted by molar-refractivity contribution is 9.10. The standard InChI is InChI=1S/C14H18BrNO5/c1-4-5-16-13(17)8(2)21-12-10(15)6-9(14(18)19)7-11(12)20-3/h6-8H,4-5H2,1-3H3,(H,16,17)(H,18,19). The van der Waals surface area contributed by atoms with Crippen molar-refractivity contribution in [1.82, 2.24) is 5.32 Å². The Hall–Kier alpha value is -1.76. The molecule has 1 atom stereocenters. The number of carboxylic acids is 1. The van der Waals surface area contributed by atoms with Crippen molar-refractivity contribution in [3.05, 3.63) is 22.2 Å². The van der Waals surface area contributed by atoms with E-state index in [-0.39, 0.29) is 17.2 Å². The zero-order chi connectivity index (χ0) is 16.0. The van der Waals surface area contributed by atoms with Crippen LogP contribution in [-0.2, 0) is 4.79 Å². The number of rotatable bonds is 7. The van der Waals surface area contributed by atoms with E-state index in [2.05, 4.69) is 21.2 Å². The van der Waals surface area contributed by atoms with Gasteiger partial charge in [0.25, 0.3) is 5.91 Å². The number of carbonyl (C=O) groups excluding carboxylic acids is 1. The molecule has 116 valence electrons. The Labute approximate surface area is 131 Å². The summed E-state index contributed by atoms with van der Waals surface area (Å²) in [4.78, 5) is 22.8. The number of aromatic carboxylic acids is 1. The number of amides is 1. The van der Waals surface area contributed by atoms with Crippen LogP contribution in [-0.4, -0.2) is 36.7 Å². The molecule has 21 heavy (non-hydrogen) atoms. The third-order valence-electron chi connectivity index (χ3n) is 2.69. The zero-order valence-corrected chi connectivity index (χ0v) is 13.7. The number of halogens is 1. The molecule has 1 unspecified atom stereocenters. The SMILES string of the molecule is CCCNC(=O)C(C)Oc1c(Br)cc(C(=O)O)cc1OC. The summed E-state index contributed by atoms with van der Waals surface area (Å²) in [6.07, 6.45) is 0.108. The second-order valence-electron chi connectivity index (χ2n) is 4.35. The number of hydrogen-bond donors (Lipinski definition) is 2. The van der Waals surface area contributed by atoms with Crippen LogP contribution in [0.3, 0.4) is 0 Å². The quantitative estimate of drug-likeness (QED) is 0.780. The van der Waals surface area contributed by atoms with Gasteiger partial charge in [-0.25, -0.2) is 4.79 Å². The minimum Gasteiger partial charge on any atom is -0.493 e. The van der Waals surface area contributed by atoms with Crippen LogP contribution in [0.25, 0.3) is 0 Å². The average Bonchev–Trinajstić information content (AvgIpc) is 2.45. The summed E-state index contributed by atoms with van der Waals surface area (Å²) in [6, 6.07) is 2.75. The van der Waals surface area contributed by atoms with Gasteiger partial charge in [0.2, 0.25) is 0 Å². The molecular weight excluding hydrogens is 342 g/mol. The molecule has 0 bridgehead atoms. The van der Waals surface area contributed by atoms with Crippen molar-refractivity contribution in [1.29, 1.82) is 0 Å². The summed E-state index contributed by atoms with van der Waals surface area (Å²) < 4.78 is 11.1. The van der Waals surface area contributed by atoms with Gasteiger partial charge in [0.05, 0.1) is 17.1 Å². The summed E-state index contributed by atoms with van der Waals surface area (Å²) in [5.41, 5.74) is 0.0640. The Balaban J connectivity index is 2.97. The first-order chi connectivity index (χ1) is 9.90. The molecule has 7 heteroatoms. The van der Waals surface area contributed by atoms with Crippen molar-refractivity contribution in [2.75, 3.05) is 13.7 Å². The lowest BCUT2D eigenvalue weighted by Gasteiger charge is -2.18. The van der Waals surface area contributed by atoms with Gasteiger partial charge in [0.15, 0.2) is 17.6 Å². The first kappa shape index (κ1) is 17.3. The second kappa shape index (κ2) is 7.87. The lowest BCUT2D eigenvalue weighted by molar-refractivity contribution is -0.127. The van der Waals surface area contributed by atoms with Crippen molar-refractivity contribution in [3.8, 4) is 11.5 Å². The van der Waals surface area contributed by atoms with E-state index >= 15 is 0 Å². The maximum atomic E-state index is 11.8. The van der Waals surface area contributed by atoms with E-state index < -0.39 is 12.1 Å². The summed E-state index contributed by atoms with van der Waals surface area (Å²) in [5.74, 6) is -0.777. The fourth-order valence-corrected chi connectivity index (χ4v) is 2.12. The Morgan fingerprint density at radius 2 is 2.10 bits per heavy atom. The van der Waals surface area contributed by atoms with Gasteiger partial charge < -0.3 is 19.9 Å². The van der Waals surface area contributed by atoms with E-state index in [0.29, 0.717) is 16.8 Å². The van der Waals surface area contributed by atoms with Crippen LogP contribution in [0.15, 0.2) is 16.6 Å². The summed E-state index contributed by atoms with van der Waals surface area (Å²) in [6.45, 7) is 4.14. The largest absolute Gasteiger partial charge is 0.493 e. The Morgan fingerprint density at radius 3 is 2.62 bits per heavy atom. The first-order valence-corrected chi connectivity index (χ1v) is 7.25. The normalized spacial score (nSPS) is 11.6. The number of carbonyl (C=O) groups is 2. The van der Waals surface area contributed by atoms with Crippen molar-refractivity contribution in [2.24, 2.45) is 0 Å². The maximum Gasteiger partial charge on any atom is 0.335 e. The second-order valence-corrected chi connectivity index (χ2v) is 5.20. The number of ether oxygens (including phenoxy) is 2. The smallest absolute Gasteiger partial charge is 0.335 e. The summed E-state index contributed by atoms with van der Waals surface area (Å²) in [7, 11) is 1.40. The molecule has 0 saturated heterocycles. The lowest BCUT2D eigenvalue weighted by atomic mass is 10.2. The molecule has 6 nitrogen and oxygen atoms in total. The molecule has 0 aliphatic rings. The van der Waals surface area contributed by atoms with Crippen LogP contribution in [0.1, 0.15) is 30.6 Å². The van der Waals surface area contributed by atoms with Gasteiger partial charge in [-0.1, -0.05) is 6.92 Å². The van der Waals surface area contributed by atoms with E-state index in [4.69, 9.17) is 14.6 Å². The monoisotopic (exact) mass is 359 g/mol. The summed E-state index contributed by atoms with van der Waals surface area (Å²) in [5, 5.41) is 11.7. The highest BCUT2D eigenvalue weighted by Crippen LogP contribution is 2.37. The molecule has 0 heterocycles. The van der Waals surface area contributed by atoms with Gasteiger partial charge >= 0.3 is 5.97 Å². The molecule has 0 aliphatic carbocycles. The number of methoxy groups -OCH3 is 1. The molecular formula is C14H18BrNO5. The van der Waals surface area contributed by atoms with Gasteiger partial charge in [0.1, 0.15) is 0 Å². The number of benzene rings is 1. The fraction of sp³-hybridized carbons (Fsp3) is 0.429. The molecule has 1 aromatic carbocycles. The predicted octanol–water partition coefficient (Wildman–Crippen LogP) is 2.45. The molecule has 1 amide bonds. The highest BCUT2D eigenvalue weighted by Gasteiger charge is 2.20. The number of hydrogen-bond acceptors (Lipinski definition) is 4. The van der Waals surface area contributed by atoms with Gasteiger partial charge in [-0.2, -0.15) is 0 Å². The van der Waals surface area contributed by atoms with Crippen LogP contribution < -0.4 is 14.8 Å². The lowest BCUT2D eigenvalue weighted by Crippen LogP contribution is -2.36. The Kier molecular flexibility index (Phi) is 6.48. The van der Waals surface area contributed by atoms with Gasteiger partial charge in [-0.15, -0.1) is 0 Å². The van der Waals surface area contributed by atoms with Crippen LogP contribution in [0.2, 0.25) is 0 Å². The van der Waals surface area contributed by atoms with E-state index in [1.54, 1.807) is 6.92 Å². The molecule has 0 aromatic heterocycles. The molecule has 0 radical (unpaired) electrons. The Bertz CT molecular complexity index is 532. The van der Waals surface area contributed by atoms with E-state index in [0.717, 1.165) is 6.42 Å². The number of carboxylic acid groups (broad SMARTS) is 1. The van der Waals surface area contributed by atoms with Crippen LogP contribution in [0.5, 0.6) is 11.5 Å². The van der Waals surface area contributed by atoms with Crippen LogP contribution in [0.4, 0.5) is 0 Å². The zero-order valence-electron chi connectivity index (χ0n) is 12.1. The van der Waals surface area contributed by atoms with E-state index in [1.165, 1.54) is 19.2 Å². The van der Waals surface area contributed by atoms with Crippen molar-refractivity contribution >= 4 is 27.8 Å². The van der Waals surface area contributed by atoms with E-state index in [9.17, 15) is 9.59 Å². The maximum absolute atomic E-state index is 11.8. The van der Waals surface area contributed by atoms with Crippen molar-refractivity contribution in [3.63, 3.8) is 0 Å². The highest BCUT2D eigenvalue weighted by atomic mass is 79.9. The number of nitrogens with one attached hydrogen (secondary N) is 1. The van der Waals surface area contributed by atoms with Crippen LogP contribution >= 0.6 is 15.9 Å². The molecule has 0 saturated carbocycles. The third-order valence-corrected chi connectivity index (χ3v) is 3.28. The molecule has 0 aliphatic heterocycles. The van der Waals surface area contributed by atoms with Gasteiger partial charge in [0, 0.05) is 6.54 Å². The van der Waals surface area contributed by atoms with Gasteiger partial charge in [-0.05, 0) is 41.4 Å². The minimum atomic E-state index is -1.07. The Morgan fingerprint density at radius 1 is 1.43 bits per heavy atom. The topological polar surface area (TPSA) is 84.9 Å². The van der Waals surface area contributed by atoms with Crippen molar-refractivity contribution in [2.45, 2.75) is 26.4 Å². The van der Waals surface area contributed by atoms with E-state index in [1.807, 2.05) is 6.92 Å². The predicted molar refractivity (Wildman–Crippen MR) is 81.0 cm³/mol.